The molecule has 1 saturated carbocycles. The van der Waals surface area contributed by atoms with E-state index in [4.69, 9.17) is 4.74 Å². The first-order valence-corrected chi connectivity index (χ1v) is 7.09. The molecule has 0 aromatic rings. The largest absolute Gasteiger partial charge is 0.381 e. The minimum Gasteiger partial charge on any atom is -0.381 e. The Kier molecular flexibility index (Phi) is 3.06. The van der Waals surface area contributed by atoms with E-state index >= 15 is 0 Å². The molecule has 2 fully saturated rings. The van der Waals surface area contributed by atoms with Crippen molar-refractivity contribution in [1.29, 1.82) is 0 Å². The van der Waals surface area contributed by atoms with Crippen LogP contribution >= 0.6 is 0 Å². The zero-order valence-electron chi connectivity index (χ0n) is 10.5. The molecule has 1 nitrogen and oxygen atoms in total. The first-order chi connectivity index (χ1) is 7.83. The minimum absolute atomic E-state index is 0.852. The van der Waals surface area contributed by atoms with Crippen molar-refractivity contribution in [1.82, 2.24) is 0 Å². The van der Waals surface area contributed by atoms with Crippen LogP contribution in [0.2, 0.25) is 0 Å². The maximum atomic E-state index is 5.61. The molecule has 2 aliphatic carbocycles. The van der Waals surface area contributed by atoms with E-state index in [-0.39, 0.29) is 0 Å². The number of ether oxygens (including phenoxy) is 1. The zero-order chi connectivity index (χ0) is 11.0. The fraction of sp³-hybridized carbons (Fsp3) is 0.867. The molecule has 16 heavy (non-hydrogen) atoms. The van der Waals surface area contributed by atoms with Crippen molar-refractivity contribution < 1.29 is 4.74 Å². The number of allylic oxidation sites excluding steroid dienone is 2. The van der Waals surface area contributed by atoms with Gasteiger partial charge in [-0.05, 0) is 49.4 Å². The van der Waals surface area contributed by atoms with Crippen molar-refractivity contribution >= 4 is 0 Å². The van der Waals surface area contributed by atoms with Crippen molar-refractivity contribution in [2.45, 2.75) is 45.4 Å². The highest BCUT2D eigenvalue weighted by molar-refractivity contribution is 5.14. The monoisotopic (exact) mass is 220 g/mol. The lowest BCUT2D eigenvalue weighted by Crippen LogP contribution is -2.23. The van der Waals surface area contributed by atoms with E-state index < -0.39 is 0 Å². The van der Waals surface area contributed by atoms with Crippen molar-refractivity contribution in [2.24, 2.45) is 23.7 Å². The standard InChI is InChI=1S/C15H24O/c1-11-3-2-4-12(7-11)13-5-6-14-9-16-10-15(14)8-13/h5,11-12,14-15H,2-4,6-10H2,1H3/t11?,12?,14-,15+/m0/s1. The number of rotatable bonds is 1. The van der Waals surface area contributed by atoms with E-state index in [2.05, 4.69) is 13.0 Å². The van der Waals surface area contributed by atoms with Crippen LogP contribution in [0.5, 0.6) is 0 Å². The Bertz CT molecular complexity index is 281. The summed E-state index contributed by atoms with van der Waals surface area (Å²) in [6.45, 7) is 4.48. The second-order valence-electron chi connectivity index (χ2n) is 6.25. The first kappa shape index (κ1) is 10.8. The fourth-order valence-electron chi connectivity index (χ4n) is 3.92. The Morgan fingerprint density at radius 1 is 1.19 bits per heavy atom. The summed E-state index contributed by atoms with van der Waals surface area (Å²) in [5.74, 6) is 3.59. The maximum absolute atomic E-state index is 5.61. The Morgan fingerprint density at radius 2 is 2.06 bits per heavy atom. The summed E-state index contributed by atoms with van der Waals surface area (Å²) >= 11 is 0. The molecule has 0 spiro atoms. The van der Waals surface area contributed by atoms with Gasteiger partial charge in [0.15, 0.2) is 0 Å². The van der Waals surface area contributed by atoms with E-state index in [1.807, 2.05) is 0 Å². The van der Waals surface area contributed by atoms with Gasteiger partial charge in [-0.15, -0.1) is 0 Å². The van der Waals surface area contributed by atoms with E-state index in [9.17, 15) is 0 Å². The fourth-order valence-corrected chi connectivity index (χ4v) is 3.92. The molecule has 1 saturated heterocycles. The van der Waals surface area contributed by atoms with Gasteiger partial charge < -0.3 is 4.74 Å². The maximum Gasteiger partial charge on any atom is 0.0501 e. The van der Waals surface area contributed by atoms with E-state index in [0.717, 1.165) is 36.9 Å². The third-order valence-electron chi connectivity index (χ3n) is 4.97. The Morgan fingerprint density at radius 3 is 2.94 bits per heavy atom. The van der Waals surface area contributed by atoms with Gasteiger partial charge in [0.1, 0.15) is 0 Å². The highest BCUT2D eigenvalue weighted by atomic mass is 16.5. The zero-order valence-corrected chi connectivity index (χ0v) is 10.5. The molecule has 0 radical (unpaired) electrons. The quantitative estimate of drug-likeness (QED) is 0.611. The molecule has 4 atom stereocenters. The summed E-state index contributed by atoms with van der Waals surface area (Å²) in [6, 6.07) is 0. The average Bonchev–Trinajstić information content (AvgIpc) is 2.75. The average molecular weight is 220 g/mol. The second-order valence-corrected chi connectivity index (χ2v) is 6.25. The van der Waals surface area contributed by atoms with Crippen LogP contribution in [0.1, 0.15) is 45.4 Å². The molecule has 3 aliphatic rings. The lowest BCUT2D eigenvalue weighted by atomic mass is 9.72. The molecule has 0 aromatic heterocycles. The van der Waals surface area contributed by atoms with Gasteiger partial charge in [0, 0.05) is 0 Å². The van der Waals surface area contributed by atoms with Gasteiger partial charge in [0.05, 0.1) is 13.2 Å². The van der Waals surface area contributed by atoms with Crippen LogP contribution in [0.15, 0.2) is 11.6 Å². The molecule has 0 N–H and O–H groups in total. The van der Waals surface area contributed by atoms with E-state index in [1.165, 1.54) is 38.5 Å². The van der Waals surface area contributed by atoms with E-state index in [1.54, 1.807) is 5.57 Å². The topological polar surface area (TPSA) is 9.23 Å². The summed E-state index contributed by atoms with van der Waals surface area (Å²) in [6.07, 6.45) is 11.0. The van der Waals surface area contributed by atoms with Crippen LogP contribution in [-0.2, 0) is 4.74 Å². The summed E-state index contributed by atoms with van der Waals surface area (Å²) in [5, 5.41) is 0. The molecule has 2 unspecified atom stereocenters. The van der Waals surface area contributed by atoms with Gasteiger partial charge in [-0.2, -0.15) is 0 Å². The molecule has 0 bridgehead atoms. The lowest BCUT2D eigenvalue weighted by Gasteiger charge is -2.33. The predicted octanol–water partition coefficient (Wildman–Crippen LogP) is 3.80. The summed E-state index contributed by atoms with van der Waals surface area (Å²) in [5.41, 5.74) is 1.79. The molecular weight excluding hydrogens is 196 g/mol. The molecule has 3 rings (SSSR count). The second kappa shape index (κ2) is 4.52. The third kappa shape index (κ3) is 2.07. The Labute approximate surface area is 99.3 Å². The van der Waals surface area contributed by atoms with Crippen LogP contribution in [-0.4, -0.2) is 13.2 Å². The van der Waals surface area contributed by atoms with Gasteiger partial charge >= 0.3 is 0 Å². The first-order valence-electron chi connectivity index (χ1n) is 7.09. The molecule has 1 heterocycles. The number of fused-ring (bicyclic) bond motifs is 1. The Balaban J connectivity index is 1.66. The minimum atomic E-state index is 0.852. The molecule has 90 valence electrons. The normalized spacial score (nSPS) is 43.9. The van der Waals surface area contributed by atoms with E-state index in [0.29, 0.717) is 0 Å². The summed E-state index contributed by atoms with van der Waals surface area (Å²) in [4.78, 5) is 0. The van der Waals surface area contributed by atoms with Gasteiger partial charge in [-0.1, -0.05) is 31.4 Å². The number of hydrogen-bond donors (Lipinski definition) is 0. The van der Waals surface area contributed by atoms with Crippen LogP contribution < -0.4 is 0 Å². The number of hydrogen-bond acceptors (Lipinski definition) is 1. The lowest BCUT2D eigenvalue weighted by molar-refractivity contribution is 0.181. The van der Waals surface area contributed by atoms with Crippen LogP contribution in [0.3, 0.4) is 0 Å². The summed E-state index contributed by atoms with van der Waals surface area (Å²) in [7, 11) is 0. The van der Waals surface area contributed by atoms with Gasteiger partial charge in [0.2, 0.25) is 0 Å². The molecule has 1 aliphatic heterocycles. The predicted molar refractivity (Wildman–Crippen MR) is 66.2 cm³/mol. The van der Waals surface area contributed by atoms with Crippen molar-refractivity contribution in [3.8, 4) is 0 Å². The van der Waals surface area contributed by atoms with Crippen LogP contribution in [0, 0.1) is 23.7 Å². The molecule has 1 heteroatoms. The molecule has 0 amide bonds. The van der Waals surface area contributed by atoms with Crippen molar-refractivity contribution in [3.63, 3.8) is 0 Å². The van der Waals surface area contributed by atoms with Crippen LogP contribution in [0.25, 0.3) is 0 Å². The molecular formula is C15H24O. The Hall–Kier alpha value is -0.300. The smallest absolute Gasteiger partial charge is 0.0501 e. The SMILES string of the molecule is CC1CCCC(C2=CC[C@H]3COC[C@H]3C2)C1. The highest BCUT2D eigenvalue weighted by Gasteiger charge is 2.33. The summed E-state index contributed by atoms with van der Waals surface area (Å²) < 4.78 is 5.61. The van der Waals surface area contributed by atoms with Gasteiger partial charge in [0.25, 0.3) is 0 Å². The molecule has 0 aromatic carbocycles. The van der Waals surface area contributed by atoms with Crippen LogP contribution in [0.4, 0.5) is 0 Å². The van der Waals surface area contributed by atoms with Gasteiger partial charge in [-0.3, -0.25) is 0 Å². The van der Waals surface area contributed by atoms with Crippen molar-refractivity contribution in [2.75, 3.05) is 13.2 Å². The third-order valence-corrected chi connectivity index (χ3v) is 4.97. The van der Waals surface area contributed by atoms with Crippen molar-refractivity contribution in [3.05, 3.63) is 11.6 Å². The van der Waals surface area contributed by atoms with Gasteiger partial charge in [-0.25, -0.2) is 0 Å². The highest BCUT2D eigenvalue weighted by Crippen LogP contribution is 2.42.